The maximum absolute atomic E-state index is 12.8. The predicted molar refractivity (Wildman–Crippen MR) is 79.0 cm³/mol. The largest absolute Gasteiger partial charge is 0.278 e. The summed E-state index contributed by atoms with van der Waals surface area (Å²) in [6.07, 6.45) is 3.17. The van der Waals surface area contributed by atoms with Crippen LogP contribution in [0.1, 0.15) is 5.69 Å². The van der Waals surface area contributed by atoms with Crippen LogP contribution >= 0.6 is 0 Å². The minimum Gasteiger partial charge on any atom is -0.278 e. The molecule has 3 rings (SSSR count). The SMILES string of the molecule is Fc1ccc(N/N=C/c2cnn(-c3ccccc3)n2)cc1. The molecule has 1 heterocycles. The van der Waals surface area contributed by atoms with Gasteiger partial charge < -0.3 is 0 Å². The first-order chi connectivity index (χ1) is 10.3. The summed E-state index contributed by atoms with van der Waals surface area (Å²) in [4.78, 5) is 1.53. The Bertz CT molecular complexity index is 734. The molecule has 2 aromatic carbocycles. The van der Waals surface area contributed by atoms with Gasteiger partial charge in [0.2, 0.25) is 0 Å². The Morgan fingerprint density at radius 3 is 2.57 bits per heavy atom. The van der Waals surface area contributed by atoms with Crippen LogP contribution in [0, 0.1) is 5.82 Å². The molecule has 0 amide bonds. The van der Waals surface area contributed by atoms with Crippen molar-refractivity contribution in [1.29, 1.82) is 0 Å². The van der Waals surface area contributed by atoms with Gasteiger partial charge in [0.15, 0.2) is 0 Å². The lowest BCUT2D eigenvalue weighted by Crippen LogP contribution is -1.98. The van der Waals surface area contributed by atoms with Crippen molar-refractivity contribution >= 4 is 11.9 Å². The average molecular weight is 281 g/mol. The van der Waals surface area contributed by atoms with Gasteiger partial charge in [-0.25, -0.2) is 4.39 Å². The molecule has 0 radical (unpaired) electrons. The Morgan fingerprint density at radius 2 is 1.81 bits per heavy atom. The average Bonchev–Trinajstić information content (AvgIpc) is 2.99. The second-order valence-electron chi connectivity index (χ2n) is 4.27. The van der Waals surface area contributed by atoms with E-state index in [0.717, 1.165) is 5.69 Å². The zero-order valence-corrected chi connectivity index (χ0v) is 11.0. The Balaban J connectivity index is 1.67. The highest BCUT2D eigenvalue weighted by molar-refractivity contribution is 5.77. The van der Waals surface area contributed by atoms with Crippen molar-refractivity contribution in [3.63, 3.8) is 0 Å². The second kappa shape index (κ2) is 5.96. The Hall–Kier alpha value is -3.02. The minimum absolute atomic E-state index is 0.282. The molecule has 104 valence electrons. The third-order valence-corrected chi connectivity index (χ3v) is 2.73. The van der Waals surface area contributed by atoms with E-state index in [0.29, 0.717) is 11.4 Å². The zero-order chi connectivity index (χ0) is 14.5. The molecule has 0 aliphatic carbocycles. The number of aromatic nitrogens is 3. The van der Waals surface area contributed by atoms with Crippen molar-refractivity contribution in [3.8, 4) is 5.69 Å². The quantitative estimate of drug-likeness (QED) is 0.591. The number of benzene rings is 2. The molecular formula is C15H12FN5. The summed E-state index contributed by atoms with van der Waals surface area (Å²) < 4.78 is 12.8. The molecular weight excluding hydrogens is 269 g/mol. The molecule has 21 heavy (non-hydrogen) atoms. The predicted octanol–water partition coefficient (Wildman–Crippen LogP) is 2.85. The van der Waals surface area contributed by atoms with Crippen LogP contribution in [-0.4, -0.2) is 21.2 Å². The fraction of sp³-hybridized carbons (Fsp3) is 0. The third-order valence-electron chi connectivity index (χ3n) is 2.73. The van der Waals surface area contributed by atoms with Gasteiger partial charge in [-0.3, -0.25) is 5.43 Å². The van der Waals surface area contributed by atoms with E-state index in [1.165, 1.54) is 16.9 Å². The number of hydrogen-bond donors (Lipinski definition) is 1. The van der Waals surface area contributed by atoms with Gasteiger partial charge in [-0.05, 0) is 36.4 Å². The molecule has 0 saturated heterocycles. The van der Waals surface area contributed by atoms with Crippen LogP contribution in [0.3, 0.4) is 0 Å². The van der Waals surface area contributed by atoms with Gasteiger partial charge in [0, 0.05) is 0 Å². The van der Waals surface area contributed by atoms with Gasteiger partial charge in [0.1, 0.15) is 11.5 Å². The van der Waals surface area contributed by atoms with Gasteiger partial charge in [0.25, 0.3) is 0 Å². The van der Waals surface area contributed by atoms with Crippen molar-refractivity contribution in [1.82, 2.24) is 15.0 Å². The standard InChI is InChI=1S/C15H12FN5/c16-12-6-8-13(9-7-12)19-17-10-14-11-18-21(20-14)15-4-2-1-3-5-15/h1-11,19H/b17-10+. The van der Waals surface area contributed by atoms with Crippen molar-refractivity contribution in [2.24, 2.45) is 5.10 Å². The molecule has 6 heteroatoms. The van der Waals surface area contributed by atoms with E-state index in [1.807, 2.05) is 30.3 Å². The number of rotatable bonds is 4. The highest BCUT2D eigenvalue weighted by Gasteiger charge is 1.99. The van der Waals surface area contributed by atoms with Crippen molar-refractivity contribution < 1.29 is 4.39 Å². The highest BCUT2D eigenvalue weighted by atomic mass is 19.1. The van der Waals surface area contributed by atoms with E-state index in [4.69, 9.17) is 0 Å². The number of para-hydroxylation sites is 1. The first kappa shape index (κ1) is 13.0. The van der Waals surface area contributed by atoms with E-state index < -0.39 is 0 Å². The first-order valence-electron chi connectivity index (χ1n) is 6.34. The van der Waals surface area contributed by atoms with Gasteiger partial charge in [0.05, 0.1) is 23.8 Å². The highest BCUT2D eigenvalue weighted by Crippen LogP contribution is 2.08. The van der Waals surface area contributed by atoms with Gasteiger partial charge in [-0.15, -0.1) is 5.10 Å². The molecule has 0 atom stereocenters. The number of nitrogens with zero attached hydrogens (tertiary/aromatic N) is 4. The van der Waals surface area contributed by atoms with Crippen molar-refractivity contribution in [3.05, 3.63) is 72.3 Å². The summed E-state index contributed by atoms with van der Waals surface area (Å²) in [7, 11) is 0. The molecule has 0 fully saturated rings. The number of hydrogen-bond acceptors (Lipinski definition) is 4. The number of hydrazone groups is 1. The molecule has 3 aromatic rings. The smallest absolute Gasteiger partial charge is 0.126 e. The summed E-state index contributed by atoms with van der Waals surface area (Å²) in [6, 6.07) is 15.5. The third kappa shape index (κ3) is 3.30. The summed E-state index contributed by atoms with van der Waals surface area (Å²) >= 11 is 0. The van der Waals surface area contributed by atoms with Crippen LogP contribution in [-0.2, 0) is 0 Å². The lowest BCUT2D eigenvalue weighted by Gasteiger charge is -1.98. The molecule has 0 spiro atoms. The van der Waals surface area contributed by atoms with Crippen LogP contribution in [0.15, 0.2) is 65.9 Å². The molecule has 1 aromatic heterocycles. The van der Waals surface area contributed by atoms with Crippen LogP contribution < -0.4 is 5.43 Å². The Labute approximate surface area is 120 Å². The van der Waals surface area contributed by atoms with Crippen LogP contribution in [0.2, 0.25) is 0 Å². The van der Waals surface area contributed by atoms with E-state index in [2.05, 4.69) is 20.7 Å². The maximum Gasteiger partial charge on any atom is 0.126 e. The normalized spacial score (nSPS) is 10.9. The van der Waals surface area contributed by atoms with E-state index in [1.54, 1.807) is 24.5 Å². The summed E-state index contributed by atoms with van der Waals surface area (Å²) in [6.45, 7) is 0. The zero-order valence-electron chi connectivity index (χ0n) is 11.0. The number of nitrogens with one attached hydrogen (secondary N) is 1. The topological polar surface area (TPSA) is 55.1 Å². The molecule has 5 nitrogen and oxygen atoms in total. The monoisotopic (exact) mass is 281 g/mol. The molecule has 0 unspecified atom stereocenters. The van der Waals surface area contributed by atoms with E-state index in [9.17, 15) is 4.39 Å². The fourth-order valence-corrected chi connectivity index (χ4v) is 1.72. The first-order valence-corrected chi connectivity index (χ1v) is 6.34. The summed E-state index contributed by atoms with van der Waals surface area (Å²) in [5, 5.41) is 12.5. The lowest BCUT2D eigenvalue weighted by atomic mass is 10.3. The van der Waals surface area contributed by atoms with Crippen LogP contribution in [0.5, 0.6) is 0 Å². The molecule has 0 saturated carbocycles. The van der Waals surface area contributed by atoms with Crippen molar-refractivity contribution in [2.75, 3.05) is 5.43 Å². The lowest BCUT2D eigenvalue weighted by molar-refractivity contribution is 0.628. The van der Waals surface area contributed by atoms with Crippen LogP contribution in [0.4, 0.5) is 10.1 Å². The molecule has 0 bridgehead atoms. The van der Waals surface area contributed by atoms with Gasteiger partial charge in [-0.1, -0.05) is 18.2 Å². The minimum atomic E-state index is -0.282. The molecule has 0 aliphatic rings. The van der Waals surface area contributed by atoms with Crippen molar-refractivity contribution in [2.45, 2.75) is 0 Å². The summed E-state index contributed by atoms with van der Waals surface area (Å²) in [5.74, 6) is -0.282. The van der Waals surface area contributed by atoms with Crippen LogP contribution in [0.25, 0.3) is 5.69 Å². The maximum atomic E-state index is 12.8. The van der Waals surface area contributed by atoms with E-state index >= 15 is 0 Å². The van der Waals surface area contributed by atoms with E-state index in [-0.39, 0.29) is 5.82 Å². The molecule has 0 aliphatic heterocycles. The fourth-order valence-electron chi connectivity index (χ4n) is 1.72. The molecule has 1 N–H and O–H groups in total. The van der Waals surface area contributed by atoms with Gasteiger partial charge in [-0.2, -0.15) is 15.0 Å². The Morgan fingerprint density at radius 1 is 1.05 bits per heavy atom. The second-order valence-corrected chi connectivity index (χ2v) is 4.27. The number of halogens is 1. The summed E-state index contributed by atoms with van der Waals surface area (Å²) in [5.41, 5.74) is 4.99. The van der Waals surface area contributed by atoms with Gasteiger partial charge >= 0.3 is 0 Å². The Kier molecular flexibility index (Phi) is 3.68. The number of anilines is 1.